The van der Waals surface area contributed by atoms with Crippen molar-refractivity contribution in [2.24, 2.45) is 0 Å². The van der Waals surface area contributed by atoms with Crippen molar-refractivity contribution in [2.75, 3.05) is 17.2 Å². The standard InChI is InChI=1S/C25H23N3O2S/c1-18-8-10-20(11-9-18)23-15-26-25(28(23)16-21-6-4-14-30-21)31-17-24(29)27-13-12-19-5-2-3-7-22(19)27/h2-11,14-15H,12-13,16-17H2,1H3. The van der Waals surface area contributed by atoms with Gasteiger partial charge in [0.25, 0.3) is 0 Å². The van der Waals surface area contributed by atoms with Gasteiger partial charge in [0.15, 0.2) is 5.16 Å². The quantitative estimate of drug-likeness (QED) is 0.396. The minimum absolute atomic E-state index is 0.111. The molecule has 0 saturated carbocycles. The molecule has 2 aromatic carbocycles. The number of amides is 1. The average Bonchev–Trinajstić information content (AvgIpc) is 3.53. The molecule has 3 heterocycles. The van der Waals surface area contributed by atoms with E-state index < -0.39 is 0 Å². The van der Waals surface area contributed by atoms with E-state index in [9.17, 15) is 4.79 Å². The van der Waals surface area contributed by atoms with Crippen LogP contribution in [0.15, 0.2) is 82.7 Å². The third kappa shape index (κ3) is 4.03. The lowest BCUT2D eigenvalue weighted by molar-refractivity contribution is -0.116. The molecule has 0 N–H and O–H groups in total. The Labute approximate surface area is 185 Å². The van der Waals surface area contributed by atoms with Crippen molar-refractivity contribution in [2.45, 2.75) is 25.0 Å². The van der Waals surface area contributed by atoms with Crippen molar-refractivity contribution in [3.63, 3.8) is 0 Å². The number of nitrogens with zero attached hydrogens (tertiary/aromatic N) is 3. The molecule has 0 atom stereocenters. The third-order valence-corrected chi connectivity index (χ3v) is 6.55. The van der Waals surface area contributed by atoms with Gasteiger partial charge >= 0.3 is 0 Å². The summed E-state index contributed by atoms with van der Waals surface area (Å²) in [5.41, 5.74) is 5.59. The molecule has 1 aliphatic heterocycles. The Bertz CT molecular complexity index is 1200. The number of carbonyl (C=O) groups excluding carboxylic acids is 1. The number of carbonyl (C=O) groups is 1. The fraction of sp³-hybridized carbons (Fsp3) is 0.200. The zero-order valence-electron chi connectivity index (χ0n) is 17.3. The highest BCUT2D eigenvalue weighted by molar-refractivity contribution is 7.99. The van der Waals surface area contributed by atoms with Crippen molar-refractivity contribution in [3.8, 4) is 11.3 Å². The van der Waals surface area contributed by atoms with E-state index in [0.29, 0.717) is 12.3 Å². The van der Waals surface area contributed by atoms with Crippen molar-refractivity contribution >= 4 is 23.4 Å². The van der Waals surface area contributed by atoms with E-state index in [-0.39, 0.29) is 5.91 Å². The molecule has 31 heavy (non-hydrogen) atoms. The van der Waals surface area contributed by atoms with E-state index in [1.54, 1.807) is 6.26 Å². The Morgan fingerprint density at radius 1 is 1.10 bits per heavy atom. The Morgan fingerprint density at radius 2 is 1.94 bits per heavy atom. The number of para-hydroxylation sites is 1. The van der Waals surface area contributed by atoms with Crippen molar-refractivity contribution < 1.29 is 9.21 Å². The SMILES string of the molecule is Cc1ccc(-c2cnc(SCC(=O)N3CCc4ccccc43)n2Cc2ccco2)cc1. The minimum Gasteiger partial charge on any atom is -0.467 e. The van der Waals surface area contributed by atoms with E-state index in [0.717, 1.165) is 40.8 Å². The van der Waals surface area contributed by atoms with Gasteiger partial charge in [0.2, 0.25) is 5.91 Å². The molecule has 156 valence electrons. The van der Waals surface area contributed by atoms with Crippen LogP contribution in [0.5, 0.6) is 0 Å². The average molecular weight is 430 g/mol. The molecule has 5 rings (SSSR count). The first kappa shape index (κ1) is 19.7. The number of hydrogen-bond acceptors (Lipinski definition) is 4. The van der Waals surface area contributed by atoms with E-state index in [1.165, 1.54) is 22.9 Å². The van der Waals surface area contributed by atoms with Crippen LogP contribution in [0, 0.1) is 6.92 Å². The van der Waals surface area contributed by atoms with Gasteiger partial charge in [-0.3, -0.25) is 4.79 Å². The van der Waals surface area contributed by atoms with Crippen molar-refractivity contribution in [3.05, 3.63) is 90.0 Å². The molecule has 2 aromatic heterocycles. The van der Waals surface area contributed by atoms with Gasteiger partial charge in [-0.25, -0.2) is 4.98 Å². The van der Waals surface area contributed by atoms with E-state index >= 15 is 0 Å². The molecular weight excluding hydrogens is 406 g/mol. The molecule has 0 fully saturated rings. The smallest absolute Gasteiger partial charge is 0.237 e. The lowest BCUT2D eigenvalue weighted by Crippen LogP contribution is -2.30. The second-order valence-electron chi connectivity index (χ2n) is 7.67. The molecule has 0 saturated heterocycles. The second kappa shape index (κ2) is 8.47. The predicted octanol–water partition coefficient (Wildman–Crippen LogP) is 5.18. The van der Waals surface area contributed by atoms with Crippen LogP contribution in [0.25, 0.3) is 11.3 Å². The number of aryl methyl sites for hydroxylation is 1. The number of aromatic nitrogens is 2. The molecule has 0 bridgehead atoms. The van der Waals surface area contributed by atoms with Gasteiger partial charge in [0.05, 0.1) is 30.5 Å². The highest BCUT2D eigenvalue weighted by Crippen LogP contribution is 2.31. The van der Waals surface area contributed by atoms with Crippen LogP contribution in [0.1, 0.15) is 16.9 Å². The summed E-state index contributed by atoms with van der Waals surface area (Å²) < 4.78 is 7.71. The first-order chi connectivity index (χ1) is 15.2. The number of imidazole rings is 1. The van der Waals surface area contributed by atoms with E-state index in [4.69, 9.17) is 4.42 Å². The van der Waals surface area contributed by atoms with Crippen molar-refractivity contribution in [1.82, 2.24) is 9.55 Å². The summed E-state index contributed by atoms with van der Waals surface area (Å²) in [5, 5.41) is 0.813. The van der Waals surface area contributed by atoms with Gasteiger partial charge in [0.1, 0.15) is 5.76 Å². The normalized spacial score (nSPS) is 12.9. The highest BCUT2D eigenvalue weighted by atomic mass is 32.2. The number of anilines is 1. The zero-order chi connectivity index (χ0) is 21.2. The molecule has 6 heteroatoms. The van der Waals surface area contributed by atoms with Gasteiger partial charge in [-0.15, -0.1) is 0 Å². The molecular formula is C25H23N3O2S. The molecule has 1 aliphatic rings. The Balaban J connectivity index is 1.38. The summed E-state index contributed by atoms with van der Waals surface area (Å²) >= 11 is 1.48. The van der Waals surface area contributed by atoms with E-state index in [1.807, 2.05) is 41.4 Å². The molecule has 5 nitrogen and oxygen atoms in total. The highest BCUT2D eigenvalue weighted by Gasteiger charge is 2.25. The fourth-order valence-corrected chi connectivity index (χ4v) is 4.80. The summed E-state index contributed by atoms with van der Waals surface area (Å²) in [6, 6.07) is 20.4. The predicted molar refractivity (Wildman–Crippen MR) is 123 cm³/mol. The van der Waals surface area contributed by atoms with Crippen LogP contribution in [0.3, 0.4) is 0 Å². The number of benzene rings is 2. The number of furan rings is 1. The van der Waals surface area contributed by atoms with Gasteiger partial charge < -0.3 is 13.9 Å². The molecule has 1 amide bonds. The van der Waals surface area contributed by atoms with Crippen LogP contribution in [-0.4, -0.2) is 27.8 Å². The number of rotatable bonds is 6. The van der Waals surface area contributed by atoms with Crippen LogP contribution >= 0.6 is 11.8 Å². The molecule has 0 unspecified atom stereocenters. The van der Waals surface area contributed by atoms with Crippen LogP contribution < -0.4 is 4.90 Å². The van der Waals surface area contributed by atoms with Gasteiger partial charge in [-0.1, -0.05) is 59.8 Å². The number of fused-ring (bicyclic) bond motifs is 1. The Hall–Kier alpha value is -3.25. The lowest BCUT2D eigenvalue weighted by Gasteiger charge is -2.17. The fourth-order valence-electron chi connectivity index (χ4n) is 3.94. The molecule has 0 radical (unpaired) electrons. The van der Waals surface area contributed by atoms with E-state index in [2.05, 4.69) is 46.8 Å². The van der Waals surface area contributed by atoms with Gasteiger partial charge in [-0.05, 0) is 42.7 Å². The lowest BCUT2D eigenvalue weighted by atomic mass is 10.1. The second-order valence-corrected chi connectivity index (χ2v) is 8.61. The zero-order valence-corrected chi connectivity index (χ0v) is 18.1. The maximum absolute atomic E-state index is 13.0. The van der Waals surface area contributed by atoms with Gasteiger partial charge in [0, 0.05) is 12.2 Å². The van der Waals surface area contributed by atoms with Crippen molar-refractivity contribution in [1.29, 1.82) is 0 Å². The topological polar surface area (TPSA) is 51.3 Å². The Morgan fingerprint density at radius 3 is 2.74 bits per heavy atom. The van der Waals surface area contributed by atoms with Crippen LogP contribution in [0.2, 0.25) is 0 Å². The minimum atomic E-state index is 0.111. The molecule has 0 spiro atoms. The monoisotopic (exact) mass is 429 g/mol. The summed E-state index contributed by atoms with van der Waals surface area (Å²) in [5.74, 6) is 1.31. The molecule has 4 aromatic rings. The summed E-state index contributed by atoms with van der Waals surface area (Å²) in [6.07, 6.45) is 4.47. The largest absolute Gasteiger partial charge is 0.467 e. The molecule has 0 aliphatic carbocycles. The summed E-state index contributed by atoms with van der Waals surface area (Å²) in [7, 11) is 0. The number of thioether (sulfide) groups is 1. The summed E-state index contributed by atoms with van der Waals surface area (Å²) in [4.78, 5) is 19.5. The first-order valence-corrected chi connectivity index (χ1v) is 11.3. The van der Waals surface area contributed by atoms with Crippen LogP contribution in [0.4, 0.5) is 5.69 Å². The Kier molecular flexibility index (Phi) is 5.38. The number of hydrogen-bond donors (Lipinski definition) is 0. The maximum atomic E-state index is 13.0. The third-order valence-electron chi connectivity index (χ3n) is 5.57. The van der Waals surface area contributed by atoms with Crippen LogP contribution in [-0.2, 0) is 17.8 Å². The summed E-state index contributed by atoms with van der Waals surface area (Å²) in [6.45, 7) is 3.39. The maximum Gasteiger partial charge on any atom is 0.237 e. The first-order valence-electron chi connectivity index (χ1n) is 10.3. The van der Waals surface area contributed by atoms with Gasteiger partial charge in [-0.2, -0.15) is 0 Å².